The molecule has 0 bridgehead atoms. The number of ketones is 3. The monoisotopic (exact) mass is 1330 g/mol. The summed E-state index contributed by atoms with van der Waals surface area (Å²) in [5, 5.41) is 44.8. The highest BCUT2D eigenvalue weighted by Gasteiger charge is 2.24. The van der Waals surface area contributed by atoms with Gasteiger partial charge in [-0.1, -0.05) is 129 Å². The van der Waals surface area contributed by atoms with E-state index in [1.807, 2.05) is 0 Å². The number of aromatic nitrogens is 2. The first-order valence-corrected chi connectivity index (χ1v) is 35.2. The number of hydrogen-bond acceptors (Lipinski definition) is 16. The second-order valence-electron chi connectivity index (χ2n) is 25.2. The van der Waals surface area contributed by atoms with Crippen molar-refractivity contribution in [3.05, 3.63) is 18.2 Å². The number of nitrogens with one attached hydrogen (secondary N) is 6. The summed E-state index contributed by atoms with van der Waals surface area (Å²) >= 11 is 0. The number of unbranched alkanes of at least 4 members (excludes halogenated alkanes) is 17. The van der Waals surface area contributed by atoms with Crippen molar-refractivity contribution < 1.29 is 83.6 Å². The van der Waals surface area contributed by atoms with Gasteiger partial charge in [0.15, 0.2) is 0 Å². The lowest BCUT2D eigenvalue weighted by atomic mass is 9.80. The molecule has 0 aliphatic heterocycles. The number of aliphatic carboxylic acids is 3. The maximum absolute atomic E-state index is 13.0. The number of imidazole rings is 1. The number of amides is 4. The van der Waals surface area contributed by atoms with Crippen molar-refractivity contribution in [2.24, 2.45) is 23.5 Å². The van der Waals surface area contributed by atoms with E-state index in [9.17, 15) is 53.1 Å². The Morgan fingerprint density at radius 1 is 0.553 bits per heavy atom. The molecule has 540 valence electrons. The Hall–Kier alpha value is -6.18. The van der Waals surface area contributed by atoms with Crippen molar-refractivity contribution in [3.8, 4) is 0 Å². The van der Waals surface area contributed by atoms with E-state index < -0.39 is 47.7 Å². The van der Waals surface area contributed by atoms with Crippen LogP contribution < -0.4 is 27.0 Å². The minimum absolute atomic E-state index is 0. The van der Waals surface area contributed by atoms with E-state index in [2.05, 4.69) is 38.2 Å². The van der Waals surface area contributed by atoms with Gasteiger partial charge in [-0.2, -0.15) is 0 Å². The number of nitrogens with two attached hydrogens (primary N) is 1. The molecule has 11 N–H and O–H groups in total. The maximum atomic E-state index is 13.0. The molecule has 0 spiro atoms. The molecule has 25 nitrogen and oxygen atoms in total. The lowest BCUT2D eigenvalue weighted by molar-refractivity contribution is -0.143. The van der Waals surface area contributed by atoms with E-state index in [0.717, 1.165) is 56.1 Å². The van der Waals surface area contributed by atoms with Crippen molar-refractivity contribution in [3.63, 3.8) is 0 Å². The van der Waals surface area contributed by atoms with Crippen LogP contribution in [0.4, 0.5) is 0 Å². The van der Waals surface area contributed by atoms with Gasteiger partial charge in [0.2, 0.25) is 23.6 Å². The van der Waals surface area contributed by atoms with Crippen molar-refractivity contribution >= 4 is 64.7 Å². The first-order chi connectivity index (χ1) is 45.2. The number of Topliss-reactive ketones (excluding diaryl/α,β-unsaturated/α-hetero) is 3. The molecule has 1 fully saturated rings. The van der Waals surface area contributed by atoms with Crippen LogP contribution in [0.2, 0.25) is 0 Å². The van der Waals surface area contributed by atoms with Gasteiger partial charge in [0.1, 0.15) is 42.6 Å². The molecule has 94 heavy (non-hydrogen) atoms. The smallest absolute Gasteiger partial charge is 0.326 e. The number of carbonyl (C=O) groups is 10. The van der Waals surface area contributed by atoms with Gasteiger partial charge in [0, 0.05) is 97.2 Å². The molecule has 0 saturated heterocycles. The third-order valence-electron chi connectivity index (χ3n) is 16.6. The number of carboxylic acids is 3. The SMILES string of the molecule is CC(=O)N[C@@H](CCC(=O)CCCOCCOCC(=O)NCCOCCOCC(=O)N[C@@H](CCCCNC(=O)[C@H](CCCCC(=N)N)CC(=O)CCc1cnc[nH]1)C(=O)O)C(=O)O.CC1CCC(CCC(=O)CCCCCCCCCCCCCCCCCCC(=O)O)CC1.[HH]. The zero-order valence-corrected chi connectivity index (χ0v) is 57.1. The standard InChI is InChI=1S/C40H66N8O14.C29H54O3.H2/c1-28(49)47-34(40(57)58)14-13-31(50)8-6-17-59-19-21-61-25-36(52)44-16-18-60-20-22-62-26-37(53)48-33(39(55)56)9-4-5-15-45-38(54)29(7-2-3-10-35(41)42)23-32(51)12-11-30-24-43-27-46-30;1-26-20-22-27(23-21-26)24-25-28(30)18-16-14-12-10-8-6-4-2-3-5-7-9-11-13-15-17-19-29(31)32;/h24,27,29,33-34H,2-23,25-26H2,1H3,(H3,41,42)(H,43,46)(H,44,52)(H,45,54)(H,47,49)(H,48,53)(H,55,56)(H,57,58);26-27H,2-25H2,1H3,(H,31,32);1H/t29-,33+,34+;;/m1../s1. The molecule has 1 aromatic rings. The summed E-state index contributed by atoms with van der Waals surface area (Å²) in [7, 11) is 0. The van der Waals surface area contributed by atoms with E-state index in [4.69, 9.17) is 40.3 Å². The predicted molar refractivity (Wildman–Crippen MR) is 360 cm³/mol. The van der Waals surface area contributed by atoms with Crippen LogP contribution in [0.5, 0.6) is 0 Å². The summed E-state index contributed by atoms with van der Waals surface area (Å²) in [6.45, 7) is 4.43. The molecule has 1 aliphatic rings. The Morgan fingerprint density at radius 3 is 1.64 bits per heavy atom. The highest BCUT2D eigenvalue weighted by atomic mass is 16.5. The van der Waals surface area contributed by atoms with Gasteiger partial charge in [-0.25, -0.2) is 14.6 Å². The maximum Gasteiger partial charge on any atom is 0.326 e. The Kier molecular flexibility index (Phi) is 53.1. The summed E-state index contributed by atoms with van der Waals surface area (Å²) in [5.41, 5.74) is 6.26. The summed E-state index contributed by atoms with van der Waals surface area (Å²) < 4.78 is 21.2. The summed E-state index contributed by atoms with van der Waals surface area (Å²) in [5.74, 6) is -3.21. The Labute approximate surface area is 560 Å². The summed E-state index contributed by atoms with van der Waals surface area (Å²) in [6.07, 6.45) is 36.7. The normalized spacial score (nSPS) is 14.5. The van der Waals surface area contributed by atoms with Crippen LogP contribution in [0.25, 0.3) is 0 Å². The fraction of sp³-hybridized carbons (Fsp3) is 0.797. The largest absolute Gasteiger partial charge is 0.481 e. The van der Waals surface area contributed by atoms with E-state index in [0.29, 0.717) is 63.6 Å². The molecule has 2 rings (SSSR count). The number of nitrogens with zero attached hydrogens (tertiary/aromatic N) is 1. The zero-order valence-electron chi connectivity index (χ0n) is 57.1. The number of aromatic amines is 1. The fourth-order valence-corrected chi connectivity index (χ4v) is 11.0. The molecule has 1 heterocycles. The highest BCUT2D eigenvalue weighted by Crippen LogP contribution is 2.31. The lowest BCUT2D eigenvalue weighted by Crippen LogP contribution is -2.42. The second kappa shape index (κ2) is 58.2. The molecule has 25 heteroatoms. The second-order valence-corrected chi connectivity index (χ2v) is 25.2. The van der Waals surface area contributed by atoms with Crippen LogP contribution in [0.1, 0.15) is 259 Å². The number of aryl methyl sites for hydroxylation is 1. The number of ether oxygens (including phenoxy) is 4. The predicted octanol–water partition coefficient (Wildman–Crippen LogP) is 9.69. The molecule has 3 atom stereocenters. The van der Waals surface area contributed by atoms with E-state index in [1.54, 1.807) is 6.20 Å². The lowest BCUT2D eigenvalue weighted by Gasteiger charge is -2.25. The molecule has 0 unspecified atom stereocenters. The first-order valence-electron chi connectivity index (χ1n) is 35.2. The minimum atomic E-state index is -1.21. The number of carboxylic acid groups (broad SMARTS) is 3. The van der Waals surface area contributed by atoms with E-state index in [1.165, 1.54) is 122 Å². The summed E-state index contributed by atoms with van der Waals surface area (Å²) in [6, 6.07) is -2.26. The fourth-order valence-electron chi connectivity index (χ4n) is 11.0. The van der Waals surface area contributed by atoms with Gasteiger partial charge in [-0.3, -0.25) is 43.8 Å². The first kappa shape index (κ1) is 85.8. The number of hydrogen-bond donors (Lipinski definition) is 10. The molecular formula is C69H122N8O17. The molecule has 1 saturated carbocycles. The van der Waals surface area contributed by atoms with Crippen LogP contribution in [0.3, 0.4) is 0 Å². The molecule has 1 aromatic heterocycles. The van der Waals surface area contributed by atoms with Gasteiger partial charge in [0.25, 0.3) is 0 Å². The zero-order chi connectivity index (χ0) is 69.2. The molecule has 4 amide bonds. The van der Waals surface area contributed by atoms with Gasteiger partial charge in [-0.15, -0.1) is 0 Å². The number of carbonyl (C=O) groups excluding carboxylic acids is 7. The third-order valence-corrected chi connectivity index (χ3v) is 16.6. The number of rotatable bonds is 62. The number of H-pyrrole nitrogens is 1. The average molecular weight is 1340 g/mol. The molecule has 0 aromatic carbocycles. The number of amidine groups is 1. The Morgan fingerprint density at radius 2 is 1.07 bits per heavy atom. The molecule has 1 aliphatic carbocycles. The van der Waals surface area contributed by atoms with Gasteiger partial charge in [-0.05, 0) is 82.5 Å². The third kappa shape index (κ3) is 53.1. The van der Waals surface area contributed by atoms with Gasteiger partial charge < -0.3 is 66.3 Å². The Balaban J connectivity index is 0.00000224. The van der Waals surface area contributed by atoms with E-state index >= 15 is 0 Å². The molecular weight excluding hydrogens is 1210 g/mol. The topological polar surface area (TPSA) is 395 Å². The van der Waals surface area contributed by atoms with Crippen molar-refractivity contribution in [1.82, 2.24) is 31.2 Å². The molecule has 0 radical (unpaired) electrons. The summed E-state index contributed by atoms with van der Waals surface area (Å²) in [4.78, 5) is 125. The van der Waals surface area contributed by atoms with Crippen molar-refractivity contribution in [2.75, 3.05) is 65.9 Å². The Bertz CT molecular complexity index is 2250. The van der Waals surface area contributed by atoms with Crippen LogP contribution in [0, 0.1) is 23.2 Å². The average Bonchev–Trinajstić information content (AvgIpc) is 2.75. The van der Waals surface area contributed by atoms with Gasteiger partial charge in [0.05, 0.1) is 45.2 Å². The van der Waals surface area contributed by atoms with Crippen molar-refractivity contribution in [2.45, 2.75) is 270 Å². The van der Waals surface area contributed by atoms with Crippen LogP contribution in [-0.4, -0.2) is 168 Å². The van der Waals surface area contributed by atoms with Gasteiger partial charge >= 0.3 is 17.9 Å². The van der Waals surface area contributed by atoms with Crippen molar-refractivity contribution in [1.29, 1.82) is 5.41 Å². The quantitative estimate of drug-likeness (QED) is 0.0165. The van der Waals surface area contributed by atoms with Crippen LogP contribution in [0.15, 0.2) is 12.5 Å². The highest BCUT2D eigenvalue weighted by molar-refractivity contribution is 5.87. The minimum Gasteiger partial charge on any atom is -0.481 e. The van der Waals surface area contributed by atoms with Crippen LogP contribution in [-0.2, 0) is 73.3 Å². The van der Waals surface area contributed by atoms with E-state index in [-0.39, 0.29) is 135 Å². The van der Waals surface area contributed by atoms with Crippen LogP contribution >= 0.6 is 0 Å².